The fraction of sp³-hybridized carbons (Fsp3) is 0.727. The zero-order valence-electron chi connectivity index (χ0n) is 11.0. The van der Waals surface area contributed by atoms with Gasteiger partial charge in [0.1, 0.15) is 0 Å². The standard InChI is InChI=1S/C11H21N5OS/c1-15-5-7-16(8-6-15)4-3-13-11-9(17-2)10(12)14-18-11/h13H,3-8H2,1-2H3,(H2,12,14). The number of nitrogens with two attached hydrogens (primary N) is 1. The highest BCUT2D eigenvalue weighted by Gasteiger charge is 2.14. The first-order valence-electron chi connectivity index (χ1n) is 6.14. The van der Waals surface area contributed by atoms with E-state index in [0.29, 0.717) is 11.6 Å². The Hall–Kier alpha value is -1.05. The summed E-state index contributed by atoms with van der Waals surface area (Å²) in [6.07, 6.45) is 0. The van der Waals surface area contributed by atoms with E-state index in [1.165, 1.54) is 11.5 Å². The summed E-state index contributed by atoms with van der Waals surface area (Å²) < 4.78 is 9.29. The van der Waals surface area contributed by atoms with E-state index in [-0.39, 0.29) is 0 Å². The lowest BCUT2D eigenvalue weighted by molar-refractivity contribution is 0.158. The van der Waals surface area contributed by atoms with Gasteiger partial charge >= 0.3 is 0 Å². The summed E-state index contributed by atoms with van der Waals surface area (Å²) in [4.78, 5) is 4.82. The number of nitrogen functional groups attached to an aromatic ring is 1. The molecule has 0 radical (unpaired) electrons. The van der Waals surface area contributed by atoms with Crippen LogP contribution in [0.4, 0.5) is 10.8 Å². The Morgan fingerprint density at radius 2 is 2.11 bits per heavy atom. The van der Waals surface area contributed by atoms with Gasteiger partial charge in [0, 0.05) is 39.3 Å². The molecule has 1 aliphatic heterocycles. The number of aromatic nitrogens is 1. The van der Waals surface area contributed by atoms with Crippen LogP contribution in [0.15, 0.2) is 0 Å². The van der Waals surface area contributed by atoms with Crippen molar-refractivity contribution in [1.82, 2.24) is 14.2 Å². The van der Waals surface area contributed by atoms with Crippen LogP contribution in [-0.4, -0.2) is 67.6 Å². The predicted octanol–water partition coefficient (Wildman–Crippen LogP) is 0.393. The molecule has 0 spiro atoms. The molecule has 1 aliphatic rings. The van der Waals surface area contributed by atoms with Crippen LogP contribution in [0.1, 0.15) is 0 Å². The van der Waals surface area contributed by atoms with Crippen molar-refractivity contribution in [2.45, 2.75) is 0 Å². The number of anilines is 2. The van der Waals surface area contributed by atoms with Gasteiger partial charge in [-0.05, 0) is 18.6 Å². The summed E-state index contributed by atoms with van der Waals surface area (Å²) in [5.74, 6) is 1.13. The van der Waals surface area contributed by atoms with Crippen molar-refractivity contribution in [2.75, 3.05) is 64.5 Å². The third-order valence-corrected chi connectivity index (χ3v) is 3.99. The van der Waals surface area contributed by atoms with Crippen molar-refractivity contribution in [1.29, 1.82) is 0 Å². The van der Waals surface area contributed by atoms with Crippen LogP contribution in [0.3, 0.4) is 0 Å². The molecule has 2 rings (SSSR count). The maximum atomic E-state index is 5.70. The van der Waals surface area contributed by atoms with Crippen LogP contribution in [-0.2, 0) is 0 Å². The van der Waals surface area contributed by atoms with Gasteiger partial charge < -0.3 is 20.7 Å². The van der Waals surface area contributed by atoms with Crippen LogP contribution in [0, 0.1) is 0 Å². The van der Waals surface area contributed by atoms with Crippen LogP contribution in [0.5, 0.6) is 5.75 Å². The van der Waals surface area contributed by atoms with Crippen LogP contribution >= 0.6 is 11.5 Å². The fourth-order valence-corrected chi connectivity index (χ4v) is 2.71. The number of methoxy groups -OCH3 is 1. The Labute approximate surface area is 112 Å². The molecule has 0 amide bonds. The van der Waals surface area contributed by atoms with Gasteiger partial charge in [-0.3, -0.25) is 4.90 Å². The van der Waals surface area contributed by atoms with Crippen molar-refractivity contribution < 1.29 is 4.74 Å². The Balaban J connectivity index is 1.75. The predicted molar refractivity (Wildman–Crippen MR) is 75.5 cm³/mol. The lowest BCUT2D eigenvalue weighted by Gasteiger charge is -2.32. The molecule has 0 aliphatic carbocycles. The molecule has 0 saturated carbocycles. The summed E-state index contributed by atoms with van der Waals surface area (Å²) in [5.41, 5.74) is 5.70. The summed E-state index contributed by atoms with van der Waals surface area (Å²) in [5, 5.41) is 4.26. The van der Waals surface area contributed by atoms with Gasteiger partial charge in [-0.2, -0.15) is 4.37 Å². The van der Waals surface area contributed by atoms with E-state index >= 15 is 0 Å². The molecule has 1 fully saturated rings. The molecular weight excluding hydrogens is 250 g/mol. The van der Waals surface area contributed by atoms with E-state index in [2.05, 4.69) is 26.5 Å². The van der Waals surface area contributed by atoms with Gasteiger partial charge in [0.2, 0.25) is 0 Å². The SMILES string of the molecule is COc1c(N)nsc1NCCN1CCN(C)CC1. The first kappa shape index (κ1) is 13.4. The second-order valence-electron chi connectivity index (χ2n) is 4.50. The summed E-state index contributed by atoms with van der Waals surface area (Å²) in [6.45, 7) is 6.50. The van der Waals surface area contributed by atoms with Crippen LogP contribution in [0.2, 0.25) is 0 Å². The van der Waals surface area contributed by atoms with E-state index in [9.17, 15) is 0 Å². The minimum atomic E-state index is 0.463. The van der Waals surface area contributed by atoms with Gasteiger partial charge in [-0.15, -0.1) is 0 Å². The number of piperazine rings is 1. The summed E-state index contributed by atoms with van der Waals surface area (Å²) in [7, 11) is 3.78. The molecule has 7 heteroatoms. The highest BCUT2D eigenvalue weighted by atomic mass is 32.1. The van der Waals surface area contributed by atoms with Gasteiger partial charge in [0.05, 0.1) is 7.11 Å². The molecule has 2 heterocycles. The van der Waals surface area contributed by atoms with E-state index in [1.807, 2.05) is 0 Å². The van der Waals surface area contributed by atoms with Crippen molar-refractivity contribution in [3.8, 4) is 5.75 Å². The highest BCUT2D eigenvalue weighted by molar-refractivity contribution is 7.11. The molecule has 3 N–H and O–H groups in total. The monoisotopic (exact) mass is 271 g/mol. The molecule has 0 bridgehead atoms. The average molecular weight is 271 g/mol. The van der Waals surface area contributed by atoms with Gasteiger partial charge in [0.15, 0.2) is 16.6 Å². The molecule has 1 aromatic heterocycles. The van der Waals surface area contributed by atoms with E-state index in [1.54, 1.807) is 7.11 Å². The number of hydrogen-bond donors (Lipinski definition) is 2. The second-order valence-corrected chi connectivity index (χ2v) is 5.28. The quantitative estimate of drug-likeness (QED) is 0.808. The number of hydrogen-bond acceptors (Lipinski definition) is 7. The molecule has 102 valence electrons. The van der Waals surface area contributed by atoms with Crippen LogP contribution < -0.4 is 15.8 Å². The van der Waals surface area contributed by atoms with Crippen molar-refractivity contribution >= 4 is 22.4 Å². The molecule has 18 heavy (non-hydrogen) atoms. The van der Waals surface area contributed by atoms with E-state index < -0.39 is 0 Å². The van der Waals surface area contributed by atoms with Crippen molar-refractivity contribution in [3.63, 3.8) is 0 Å². The molecule has 0 unspecified atom stereocenters. The van der Waals surface area contributed by atoms with Gasteiger partial charge in [-0.1, -0.05) is 0 Å². The number of likely N-dealkylation sites (N-methyl/N-ethyl adjacent to an activating group) is 1. The number of rotatable bonds is 5. The third-order valence-electron chi connectivity index (χ3n) is 3.19. The fourth-order valence-electron chi connectivity index (χ4n) is 2.00. The highest BCUT2D eigenvalue weighted by Crippen LogP contribution is 2.34. The largest absolute Gasteiger partial charge is 0.490 e. The van der Waals surface area contributed by atoms with E-state index in [4.69, 9.17) is 10.5 Å². The van der Waals surface area contributed by atoms with Gasteiger partial charge in [-0.25, -0.2) is 0 Å². The minimum Gasteiger partial charge on any atom is -0.490 e. The topological polar surface area (TPSA) is 66.7 Å². The molecule has 0 aromatic carbocycles. The molecule has 0 atom stereocenters. The Morgan fingerprint density at radius 1 is 1.39 bits per heavy atom. The molecule has 1 saturated heterocycles. The Morgan fingerprint density at radius 3 is 2.78 bits per heavy atom. The Kier molecular flexibility index (Phi) is 4.62. The van der Waals surface area contributed by atoms with Crippen molar-refractivity contribution in [3.05, 3.63) is 0 Å². The van der Waals surface area contributed by atoms with Gasteiger partial charge in [0.25, 0.3) is 0 Å². The lowest BCUT2D eigenvalue weighted by Crippen LogP contribution is -2.45. The third kappa shape index (κ3) is 3.24. The summed E-state index contributed by atoms with van der Waals surface area (Å²) >= 11 is 1.35. The van der Waals surface area contributed by atoms with Crippen LogP contribution in [0.25, 0.3) is 0 Å². The number of ether oxygens (including phenoxy) is 1. The number of nitrogens with zero attached hydrogens (tertiary/aromatic N) is 3. The zero-order chi connectivity index (χ0) is 13.0. The van der Waals surface area contributed by atoms with E-state index in [0.717, 1.165) is 44.3 Å². The summed E-state index contributed by atoms with van der Waals surface area (Å²) in [6, 6.07) is 0. The average Bonchev–Trinajstić information content (AvgIpc) is 2.72. The first-order chi connectivity index (χ1) is 8.70. The zero-order valence-corrected chi connectivity index (χ0v) is 11.8. The minimum absolute atomic E-state index is 0.463. The molecular formula is C11H21N5OS. The van der Waals surface area contributed by atoms with Crippen molar-refractivity contribution in [2.24, 2.45) is 0 Å². The smallest absolute Gasteiger partial charge is 0.197 e. The maximum Gasteiger partial charge on any atom is 0.197 e. The first-order valence-corrected chi connectivity index (χ1v) is 6.92. The normalized spacial score (nSPS) is 17.9. The second kappa shape index (κ2) is 6.21. The molecule has 6 nitrogen and oxygen atoms in total. The lowest BCUT2D eigenvalue weighted by atomic mass is 10.3. The maximum absolute atomic E-state index is 5.70. The molecule has 1 aromatic rings. The number of nitrogens with one attached hydrogen (secondary N) is 1. The Bertz CT molecular complexity index is 376.